The van der Waals surface area contributed by atoms with Gasteiger partial charge < -0.3 is 57.8 Å². The van der Waals surface area contributed by atoms with Crippen LogP contribution in [0.5, 0.6) is 0 Å². The van der Waals surface area contributed by atoms with E-state index < -0.39 is 35.9 Å². The van der Waals surface area contributed by atoms with E-state index in [2.05, 4.69) is 428 Å². The first-order valence-corrected chi connectivity index (χ1v) is 64.5. The maximum Gasteiger partial charge on any atom is 0.500 e. The van der Waals surface area contributed by atoms with Crippen LogP contribution in [-0.4, -0.2) is 128 Å². The van der Waals surface area contributed by atoms with Crippen molar-refractivity contribution < 1.29 is 57.8 Å². The van der Waals surface area contributed by atoms with E-state index >= 15 is 0 Å². The Morgan fingerprint density at radius 3 is 0.566 bits per heavy atom. The number of halogens is 5. The number of unbranched alkanes of at least 4 members (excludes halogenated alkanes) is 3. The van der Waals surface area contributed by atoms with E-state index in [9.17, 15) is 0 Å². The molecule has 0 saturated carbocycles. The summed E-state index contributed by atoms with van der Waals surface area (Å²) in [5, 5.41) is 0. The van der Waals surface area contributed by atoms with Crippen molar-refractivity contribution in [2.24, 2.45) is 0 Å². The van der Waals surface area contributed by atoms with Crippen molar-refractivity contribution in [2.75, 3.05) is 92.5 Å². The van der Waals surface area contributed by atoms with Crippen LogP contribution in [0.3, 0.4) is 0 Å². The minimum Gasteiger partial charge on any atom is -0.381 e. The molecule has 22 heteroatoms. The van der Waals surface area contributed by atoms with Gasteiger partial charge in [-0.05, 0) is 250 Å². The molecule has 0 N–H and O–H groups in total. The van der Waals surface area contributed by atoms with Crippen molar-refractivity contribution in [1.29, 1.82) is 0 Å². The van der Waals surface area contributed by atoms with Gasteiger partial charge in [-0.2, -0.15) is 0 Å². The number of hydrogen-bond donors (Lipinski definition) is 0. The van der Waals surface area contributed by atoms with Crippen LogP contribution in [0.25, 0.3) is 0 Å². The summed E-state index contributed by atoms with van der Waals surface area (Å²) in [6.45, 7) is 37.5. The molecule has 1 aliphatic heterocycles. The van der Waals surface area contributed by atoms with Crippen LogP contribution in [0.15, 0.2) is 372 Å². The van der Waals surface area contributed by atoms with Gasteiger partial charge in [0.15, 0.2) is 0 Å². The third kappa shape index (κ3) is 38.6. The van der Waals surface area contributed by atoms with E-state index in [0.717, 1.165) is 115 Å². The molecule has 0 unspecified atom stereocenters. The van der Waals surface area contributed by atoms with Crippen LogP contribution in [0, 0.1) is 0 Å². The molecule has 0 bridgehead atoms. The lowest BCUT2D eigenvalue weighted by atomic mass is 9.66. The zero-order chi connectivity index (χ0) is 102. The lowest BCUT2D eigenvalue weighted by Gasteiger charge is -2.37. The molecule has 1 saturated heterocycles. The Morgan fingerprint density at radius 2 is 0.420 bits per heavy atom. The summed E-state index contributed by atoms with van der Waals surface area (Å²) >= 11 is 16.4. The second kappa shape index (κ2) is 71.7. The topological polar surface area (TPSA) is 120 Å². The van der Waals surface area contributed by atoms with Crippen molar-refractivity contribution in [3.63, 3.8) is 0 Å². The van der Waals surface area contributed by atoms with E-state index in [0.29, 0.717) is 79.3 Å². The smallest absolute Gasteiger partial charge is 0.381 e. The summed E-state index contributed by atoms with van der Waals surface area (Å²) in [5.41, 5.74) is 14.9. The summed E-state index contributed by atoms with van der Waals surface area (Å²) in [7, 11) is -9.66. The van der Waals surface area contributed by atoms with Crippen molar-refractivity contribution >= 4 is 112 Å². The van der Waals surface area contributed by atoms with Crippen LogP contribution in [0.1, 0.15) is 241 Å². The quantitative estimate of drug-likeness (QED) is 0.0156. The highest BCUT2D eigenvalue weighted by Gasteiger charge is 2.46. The molecule has 1 heterocycles. The number of benzene rings is 12. The normalized spacial score (nSPS) is 12.1. The highest BCUT2D eigenvalue weighted by Crippen LogP contribution is 2.49. The SMILES string of the molecule is BrBr.C.C1CCOC1.C=CCCC(c1ccccc1)(c1ccccc1)c1ccccc1.CCO[SiH](OCC)OCC.CCO[Si](CCCCC(c1ccc(Br)cc1)(c1ccc(Br)cc1)c1ccc(Br)cc1)(OCC)OCC.CCO[Si](CCCCC(c1ccccc1)(c1ccccc1)c1ccccc1)(OCC)OCC.CCO[Si](CCCCC(c1ccccc1)(c1ccccc1)c1ccccc1)(OCC)OCC. The van der Waals surface area contributed by atoms with Gasteiger partial charge in [-0.15, -0.1) is 6.58 Å². The fourth-order valence-electron chi connectivity index (χ4n) is 19.0. The van der Waals surface area contributed by atoms with Crippen molar-refractivity contribution in [2.45, 2.75) is 214 Å². The van der Waals surface area contributed by atoms with Gasteiger partial charge in [0, 0.05) is 174 Å². The minimum atomic E-state index is -2.67. The van der Waals surface area contributed by atoms with Gasteiger partial charge in [-0.1, -0.05) is 390 Å². The van der Waals surface area contributed by atoms with Gasteiger partial charge in [0.2, 0.25) is 0 Å². The summed E-state index contributed by atoms with van der Waals surface area (Å²) < 4.78 is 78.7. The Hall–Kier alpha value is -6.87. The maximum absolute atomic E-state index is 6.11. The van der Waals surface area contributed by atoms with Gasteiger partial charge >= 0.3 is 35.9 Å². The van der Waals surface area contributed by atoms with E-state index in [4.69, 9.17) is 57.8 Å². The molecule has 0 amide bonds. The van der Waals surface area contributed by atoms with E-state index in [1.165, 1.54) is 79.6 Å². The lowest BCUT2D eigenvalue weighted by molar-refractivity contribution is 0.0698. The number of ether oxygens (including phenoxy) is 1. The Labute approximate surface area is 906 Å². The fourth-order valence-corrected chi connectivity index (χ4v) is 29.0. The molecule has 1 fully saturated rings. The molecule has 13 nitrogen and oxygen atoms in total. The Bertz CT molecular complexity index is 4530. The van der Waals surface area contributed by atoms with Gasteiger partial charge in [0.05, 0.1) is 0 Å². The largest absolute Gasteiger partial charge is 0.500 e. The molecule has 13 rings (SSSR count). The predicted molar refractivity (Wildman–Crippen MR) is 624 cm³/mol. The fraction of sp³-hybridized carbons (Fsp3) is 0.388. The average Bonchev–Trinajstić information content (AvgIpc) is 0.906. The molecular formula is C121H161Br5O13Si4. The van der Waals surface area contributed by atoms with Crippen LogP contribution < -0.4 is 0 Å². The molecule has 12 aromatic rings. The Kier molecular flexibility index (Phi) is 62.6. The highest BCUT2D eigenvalue weighted by molar-refractivity contribution is 9.93. The molecule has 0 aliphatic carbocycles. The first-order chi connectivity index (χ1) is 69.5. The molecule has 143 heavy (non-hydrogen) atoms. The molecule has 1 aliphatic rings. The van der Waals surface area contributed by atoms with Crippen LogP contribution in [0.4, 0.5) is 0 Å². The Balaban J connectivity index is 0.000000277. The van der Waals surface area contributed by atoms with Crippen molar-refractivity contribution in [1.82, 2.24) is 0 Å². The van der Waals surface area contributed by atoms with Gasteiger partial charge in [0.25, 0.3) is 0 Å². The summed E-state index contributed by atoms with van der Waals surface area (Å²) in [6.07, 6.45) is 15.6. The first kappa shape index (κ1) is 125. The molecule has 0 radical (unpaired) electrons. The van der Waals surface area contributed by atoms with Crippen molar-refractivity contribution in [3.05, 3.63) is 439 Å². The van der Waals surface area contributed by atoms with Crippen LogP contribution >= 0.6 is 76.0 Å². The van der Waals surface area contributed by atoms with E-state index in [1.54, 1.807) is 0 Å². The molecular weight excluding hydrogens is 2170 g/mol. The summed E-state index contributed by atoms with van der Waals surface area (Å²) in [5.74, 6) is 0. The molecule has 0 spiro atoms. The number of allylic oxidation sites excluding steroid dienone is 1. The number of rotatable bonds is 54. The van der Waals surface area contributed by atoms with Crippen LogP contribution in [-0.2, 0) is 79.5 Å². The third-order valence-electron chi connectivity index (χ3n) is 25.0. The van der Waals surface area contributed by atoms with Crippen molar-refractivity contribution in [3.8, 4) is 0 Å². The van der Waals surface area contributed by atoms with E-state index in [-0.39, 0.29) is 29.1 Å². The second-order valence-electron chi connectivity index (χ2n) is 33.8. The predicted octanol–water partition coefficient (Wildman–Crippen LogP) is 33.9. The summed E-state index contributed by atoms with van der Waals surface area (Å²) in [6, 6.07) is 127. The lowest BCUT2D eigenvalue weighted by Crippen LogP contribution is -2.46. The summed E-state index contributed by atoms with van der Waals surface area (Å²) in [4.78, 5) is 0. The molecule has 774 valence electrons. The van der Waals surface area contributed by atoms with Gasteiger partial charge in [-0.25, -0.2) is 0 Å². The molecule has 12 aromatic carbocycles. The minimum absolute atomic E-state index is 0. The second-order valence-corrected chi connectivity index (χ2v) is 46.3. The van der Waals surface area contributed by atoms with E-state index in [1.807, 2.05) is 89.2 Å². The Morgan fingerprint density at radius 1 is 0.252 bits per heavy atom. The average molecular weight is 2340 g/mol. The van der Waals surface area contributed by atoms with Gasteiger partial charge in [-0.3, -0.25) is 0 Å². The zero-order valence-corrected chi connectivity index (χ0v) is 98.3. The highest BCUT2D eigenvalue weighted by atomic mass is 80.9. The standard InChI is InChI=1S/C29H35Br3O3Si.2C29H38O3Si.C23H22.C6H16O3Si.C4H8O.CH4.Br2/c1-4-33-36(34-5-2,35-6-3)22-8-7-21-29(23-9-15-26(30)16-10-23,24-11-17-27(31)18-12-24)25-13-19-28(32)20-14-25;2*1-4-30-33(31-5-2,32-6-3)25-17-16-24-29(26-18-10-7-11-19-26,27-20-12-8-13-21-27)28-22-14-9-15-23-28;1-2-3-19-23(20-13-7-4-8-14-20,21-15-9-5-10-16-21)22-17-11-6-12-18-22;1-4-7-10(8-5-2)9-6-3;1-2-4-5-3-1;;1-2/h9-20H,4-8,21-22H2,1-3H3;2*7-15,18-23H,4-6,16-17,24-25H2,1-3H3;2,4-18H,1,3,19H2;10H,4-6H2,1-3H3;1-4H2;1H4;. The first-order valence-electron chi connectivity index (χ1n) is 51.2. The van der Waals surface area contributed by atoms with Gasteiger partial charge in [0.1, 0.15) is 0 Å². The number of hydrogen-bond acceptors (Lipinski definition) is 13. The monoisotopic (exact) mass is 2330 g/mol. The third-order valence-corrected chi connectivity index (χ3v) is 37.9. The van der Waals surface area contributed by atoms with Crippen LogP contribution in [0.2, 0.25) is 18.1 Å². The zero-order valence-electron chi connectivity index (χ0n) is 86.2. The molecule has 0 aromatic heterocycles. The maximum atomic E-state index is 6.11. The molecule has 0 atom stereocenters.